The fraction of sp³-hybridized carbons (Fsp3) is 0.240. The highest BCUT2D eigenvalue weighted by atomic mass is 32.2. The van der Waals surface area contributed by atoms with Crippen LogP contribution in [0.5, 0.6) is 11.5 Å². The van der Waals surface area contributed by atoms with Crippen molar-refractivity contribution in [2.75, 3.05) is 22.8 Å². The van der Waals surface area contributed by atoms with E-state index in [0.29, 0.717) is 22.9 Å². The molecule has 1 atom stereocenters. The van der Waals surface area contributed by atoms with Crippen molar-refractivity contribution in [3.63, 3.8) is 0 Å². The van der Waals surface area contributed by atoms with Crippen LogP contribution >= 0.6 is 0 Å². The Kier molecular flexibility index (Phi) is 6.29. The lowest BCUT2D eigenvalue weighted by atomic mass is 10.1. The molecule has 1 aliphatic heterocycles. The average Bonchev–Trinajstić information content (AvgIpc) is 2.78. The first-order valence-corrected chi connectivity index (χ1v) is 12.1. The molecule has 4 rings (SSSR count). The van der Waals surface area contributed by atoms with Gasteiger partial charge in [-0.15, -0.1) is 0 Å². The van der Waals surface area contributed by atoms with E-state index in [1.54, 1.807) is 30.3 Å². The number of hydrogen-bond donors (Lipinski definition) is 1. The summed E-state index contributed by atoms with van der Waals surface area (Å²) in [6.45, 7) is 5.75. The van der Waals surface area contributed by atoms with Gasteiger partial charge in [0.1, 0.15) is 17.6 Å². The van der Waals surface area contributed by atoms with Crippen LogP contribution in [0.2, 0.25) is 0 Å². The average molecular weight is 467 g/mol. The Balaban J connectivity index is 1.45. The van der Waals surface area contributed by atoms with Gasteiger partial charge in [0, 0.05) is 5.69 Å². The van der Waals surface area contributed by atoms with Crippen molar-refractivity contribution in [3.05, 3.63) is 77.9 Å². The Labute approximate surface area is 194 Å². The molecule has 0 unspecified atom stereocenters. The number of sulfonamides is 1. The minimum Gasteiger partial charge on any atom is -0.487 e. The first kappa shape index (κ1) is 22.7. The summed E-state index contributed by atoms with van der Waals surface area (Å²) in [4.78, 5) is 12.5. The van der Waals surface area contributed by atoms with Crippen LogP contribution in [0.1, 0.15) is 18.1 Å². The first-order valence-electron chi connectivity index (χ1n) is 10.6. The molecule has 0 fully saturated rings. The molecule has 33 heavy (non-hydrogen) atoms. The summed E-state index contributed by atoms with van der Waals surface area (Å²) in [7, 11) is -3.79. The molecule has 0 bridgehead atoms. The molecule has 0 saturated heterocycles. The minimum atomic E-state index is -3.79. The van der Waals surface area contributed by atoms with Gasteiger partial charge in [0.15, 0.2) is 6.61 Å². The molecule has 1 heterocycles. The normalized spacial score (nSPS) is 15.4. The summed E-state index contributed by atoms with van der Waals surface area (Å²) in [5.41, 5.74) is 2.91. The molecule has 0 radical (unpaired) electrons. The highest BCUT2D eigenvalue weighted by Crippen LogP contribution is 2.36. The van der Waals surface area contributed by atoms with Crippen LogP contribution in [-0.2, 0) is 14.8 Å². The number of para-hydroxylation sites is 3. The maximum absolute atomic E-state index is 13.3. The Hall–Kier alpha value is -3.52. The van der Waals surface area contributed by atoms with E-state index in [2.05, 4.69) is 5.32 Å². The van der Waals surface area contributed by atoms with E-state index < -0.39 is 10.0 Å². The van der Waals surface area contributed by atoms with Crippen LogP contribution in [0.3, 0.4) is 0 Å². The van der Waals surface area contributed by atoms with E-state index in [9.17, 15) is 13.2 Å². The summed E-state index contributed by atoms with van der Waals surface area (Å²) >= 11 is 0. The fourth-order valence-electron chi connectivity index (χ4n) is 3.78. The van der Waals surface area contributed by atoms with Gasteiger partial charge in [-0.25, -0.2) is 8.42 Å². The number of amides is 1. The second-order valence-electron chi connectivity index (χ2n) is 8.01. The molecule has 3 aromatic rings. The van der Waals surface area contributed by atoms with Crippen molar-refractivity contribution >= 4 is 27.3 Å². The number of rotatable bonds is 6. The molecule has 3 aromatic carbocycles. The largest absolute Gasteiger partial charge is 0.487 e. The summed E-state index contributed by atoms with van der Waals surface area (Å²) < 4.78 is 39.4. The van der Waals surface area contributed by atoms with Gasteiger partial charge in [-0.05, 0) is 68.3 Å². The number of ether oxygens (including phenoxy) is 2. The lowest BCUT2D eigenvalue weighted by Gasteiger charge is -2.34. The van der Waals surface area contributed by atoms with E-state index in [1.165, 1.54) is 16.4 Å². The number of carbonyl (C=O) groups is 1. The van der Waals surface area contributed by atoms with Gasteiger partial charge in [0.05, 0.1) is 17.1 Å². The molecule has 0 saturated carbocycles. The van der Waals surface area contributed by atoms with Gasteiger partial charge >= 0.3 is 0 Å². The van der Waals surface area contributed by atoms with Crippen LogP contribution in [-0.4, -0.2) is 33.6 Å². The predicted molar refractivity (Wildman–Crippen MR) is 128 cm³/mol. The molecule has 0 aliphatic carbocycles. The number of benzene rings is 3. The second-order valence-corrected chi connectivity index (χ2v) is 9.88. The third-order valence-electron chi connectivity index (χ3n) is 5.37. The molecule has 1 aliphatic rings. The van der Waals surface area contributed by atoms with Crippen molar-refractivity contribution in [2.45, 2.75) is 31.8 Å². The van der Waals surface area contributed by atoms with Crippen molar-refractivity contribution in [1.82, 2.24) is 0 Å². The number of hydrogen-bond acceptors (Lipinski definition) is 5. The van der Waals surface area contributed by atoms with E-state index in [0.717, 1.165) is 11.1 Å². The summed E-state index contributed by atoms with van der Waals surface area (Å²) in [5, 5.41) is 2.74. The number of nitrogens with zero attached hydrogens (tertiary/aromatic N) is 1. The van der Waals surface area contributed by atoms with Crippen LogP contribution < -0.4 is 19.1 Å². The first-order chi connectivity index (χ1) is 15.8. The zero-order valence-electron chi connectivity index (χ0n) is 18.7. The quantitative estimate of drug-likeness (QED) is 0.586. The van der Waals surface area contributed by atoms with E-state index >= 15 is 0 Å². The third kappa shape index (κ3) is 4.80. The topological polar surface area (TPSA) is 84.9 Å². The molecular formula is C25H26N2O5S. The zero-order chi connectivity index (χ0) is 23.6. The van der Waals surface area contributed by atoms with Crippen molar-refractivity contribution in [1.29, 1.82) is 0 Å². The van der Waals surface area contributed by atoms with E-state index in [1.807, 2.05) is 45.0 Å². The minimum absolute atomic E-state index is 0.135. The Morgan fingerprint density at radius 1 is 1.03 bits per heavy atom. The highest BCUT2D eigenvalue weighted by Gasteiger charge is 2.32. The smallest absolute Gasteiger partial charge is 0.264 e. The van der Waals surface area contributed by atoms with Gasteiger partial charge in [0.2, 0.25) is 0 Å². The molecule has 7 nitrogen and oxygen atoms in total. The second kappa shape index (κ2) is 9.15. The zero-order valence-corrected chi connectivity index (χ0v) is 19.6. The standard InChI is InChI=1S/C25H26N2O5S/c1-17-7-6-8-18(2)25(17)31-16-24(28)26-20-11-13-21(14-12-20)33(29,30)27-15-19(3)32-23-10-5-4-9-22(23)27/h4-14,19H,15-16H2,1-3H3,(H,26,28)/t19-/m1/s1. The molecule has 8 heteroatoms. The number of anilines is 2. The van der Waals surface area contributed by atoms with Crippen LogP contribution in [0.25, 0.3) is 0 Å². The Morgan fingerprint density at radius 2 is 1.70 bits per heavy atom. The Bertz CT molecular complexity index is 1250. The molecule has 0 spiro atoms. The van der Waals surface area contributed by atoms with Gasteiger partial charge < -0.3 is 14.8 Å². The van der Waals surface area contributed by atoms with Crippen LogP contribution in [0.15, 0.2) is 71.6 Å². The lowest BCUT2D eigenvalue weighted by Crippen LogP contribution is -2.42. The summed E-state index contributed by atoms with van der Waals surface area (Å²) in [6.07, 6.45) is -0.273. The van der Waals surface area contributed by atoms with Gasteiger partial charge in [-0.2, -0.15) is 0 Å². The third-order valence-corrected chi connectivity index (χ3v) is 7.16. The number of nitrogens with one attached hydrogen (secondary N) is 1. The fourth-order valence-corrected chi connectivity index (χ4v) is 5.33. The number of aryl methyl sites for hydroxylation is 2. The predicted octanol–water partition coefficient (Wildman–Crippen LogP) is 4.30. The van der Waals surface area contributed by atoms with Crippen molar-refractivity contribution in [2.24, 2.45) is 0 Å². The highest BCUT2D eigenvalue weighted by molar-refractivity contribution is 7.92. The maximum atomic E-state index is 13.3. The van der Waals surface area contributed by atoms with Gasteiger partial charge in [-0.3, -0.25) is 9.10 Å². The molecular weight excluding hydrogens is 440 g/mol. The van der Waals surface area contributed by atoms with E-state index in [-0.39, 0.29) is 30.1 Å². The molecule has 1 N–H and O–H groups in total. The van der Waals surface area contributed by atoms with Crippen molar-refractivity contribution in [3.8, 4) is 11.5 Å². The Morgan fingerprint density at radius 3 is 2.39 bits per heavy atom. The number of carbonyl (C=O) groups excluding carboxylic acids is 1. The molecule has 1 amide bonds. The monoisotopic (exact) mass is 466 g/mol. The van der Waals surface area contributed by atoms with Crippen LogP contribution in [0.4, 0.5) is 11.4 Å². The summed E-state index contributed by atoms with van der Waals surface area (Å²) in [6, 6.07) is 19.0. The van der Waals surface area contributed by atoms with Gasteiger partial charge in [-0.1, -0.05) is 30.3 Å². The number of fused-ring (bicyclic) bond motifs is 1. The molecule has 172 valence electrons. The van der Waals surface area contributed by atoms with E-state index in [4.69, 9.17) is 9.47 Å². The van der Waals surface area contributed by atoms with Gasteiger partial charge in [0.25, 0.3) is 15.9 Å². The SMILES string of the molecule is Cc1cccc(C)c1OCC(=O)Nc1ccc(S(=O)(=O)N2C[C@@H](C)Oc3ccccc32)cc1. The van der Waals surface area contributed by atoms with Crippen LogP contribution in [0, 0.1) is 13.8 Å². The van der Waals surface area contributed by atoms with Crippen molar-refractivity contribution < 1.29 is 22.7 Å². The lowest BCUT2D eigenvalue weighted by molar-refractivity contribution is -0.118. The molecule has 0 aromatic heterocycles. The summed E-state index contributed by atoms with van der Waals surface area (Å²) in [5.74, 6) is 0.894. The maximum Gasteiger partial charge on any atom is 0.264 e.